The van der Waals surface area contributed by atoms with Crippen molar-refractivity contribution in [3.63, 3.8) is 0 Å². The van der Waals surface area contributed by atoms with Gasteiger partial charge in [0.05, 0.1) is 18.3 Å². The van der Waals surface area contributed by atoms with Crippen LogP contribution >= 0.6 is 0 Å². The van der Waals surface area contributed by atoms with Crippen LogP contribution < -0.4 is 10.1 Å². The second-order valence-corrected chi connectivity index (χ2v) is 8.71. The second kappa shape index (κ2) is 9.89. The standard InChI is InChI=1S/C25H31N3O5/c1-4-32-23-11-21(26-12-15(23)2)24(30)27-17-7-9-28(10-8-17)13-22(29)18-5-6-19-20(16(18)3)14-33-25(19)31/h5-6,11-12,17,22,29H,4,7-10,13-14H2,1-3H3,(H,27,30)/t22-/m0/s1. The summed E-state index contributed by atoms with van der Waals surface area (Å²) in [5.41, 5.74) is 4.48. The molecule has 0 aliphatic carbocycles. The molecule has 8 nitrogen and oxygen atoms in total. The predicted octanol–water partition coefficient (Wildman–Crippen LogP) is 2.70. The van der Waals surface area contributed by atoms with E-state index in [2.05, 4.69) is 15.2 Å². The van der Waals surface area contributed by atoms with E-state index >= 15 is 0 Å². The average molecular weight is 454 g/mol. The maximum atomic E-state index is 12.7. The Labute approximate surface area is 193 Å². The lowest BCUT2D eigenvalue weighted by Gasteiger charge is -2.33. The predicted molar refractivity (Wildman–Crippen MR) is 122 cm³/mol. The van der Waals surface area contributed by atoms with Crippen molar-refractivity contribution in [3.05, 3.63) is 57.9 Å². The molecule has 33 heavy (non-hydrogen) atoms. The Morgan fingerprint density at radius 2 is 2.09 bits per heavy atom. The third-order valence-electron chi connectivity index (χ3n) is 6.51. The molecule has 2 aliphatic rings. The first-order valence-electron chi connectivity index (χ1n) is 11.5. The second-order valence-electron chi connectivity index (χ2n) is 8.71. The number of hydrogen-bond acceptors (Lipinski definition) is 7. The minimum atomic E-state index is -0.647. The van der Waals surface area contributed by atoms with Crippen LogP contribution in [-0.4, -0.2) is 59.1 Å². The molecule has 0 bridgehead atoms. The fourth-order valence-electron chi connectivity index (χ4n) is 4.53. The van der Waals surface area contributed by atoms with Crippen molar-refractivity contribution in [2.75, 3.05) is 26.2 Å². The van der Waals surface area contributed by atoms with Gasteiger partial charge in [0.1, 0.15) is 18.1 Å². The molecular weight excluding hydrogens is 422 g/mol. The molecule has 2 aliphatic heterocycles. The van der Waals surface area contributed by atoms with Gasteiger partial charge in [0.2, 0.25) is 0 Å². The van der Waals surface area contributed by atoms with Gasteiger partial charge in [-0.1, -0.05) is 6.07 Å². The number of amides is 1. The number of hydrogen-bond donors (Lipinski definition) is 2. The van der Waals surface area contributed by atoms with Crippen LogP contribution in [0.4, 0.5) is 0 Å². The van der Waals surface area contributed by atoms with E-state index in [4.69, 9.17) is 9.47 Å². The Balaban J connectivity index is 1.30. The third-order valence-corrected chi connectivity index (χ3v) is 6.51. The number of pyridine rings is 1. The Bertz CT molecular complexity index is 1050. The molecule has 1 fully saturated rings. The zero-order valence-corrected chi connectivity index (χ0v) is 19.4. The maximum Gasteiger partial charge on any atom is 0.338 e. The van der Waals surface area contributed by atoms with Gasteiger partial charge in [0.15, 0.2) is 0 Å². The maximum absolute atomic E-state index is 12.7. The van der Waals surface area contributed by atoms with Crippen molar-refractivity contribution >= 4 is 11.9 Å². The van der Waals surface area contributed by atoms with Gasteiger partial charge in [0.25, 0.3) is 5.91 Å². The third kappa shape index (κ3) is 5.02. The number of fused-ring (bicyclic) bond motifs is 1. The summed E-state index contributed by atoms with van der Waals surface area (Å²) in [5, 5.41) is 13.9. The van der Waals surface area contributed by atoms with Gasteiger partial charge in [-0.2, -0.15) is 0 Å². The van der Waals surface area contributed by atoms with E-state index in [0.717, 1.165) is 48.2 Å². The first-order valence-corrected chi connectivity index (χ1v) is 11.5. The monoisotopic (exact) mass is 453 g/mol. The highest BCUT2D eigenvalue weighted by Gasteiger charge is 2.28. The van der Waals surface area contributed by atoms with Crippen LogP contribution in [0, 0.1) is 13.8 Å². The lowest BCUT2D eigenvalue weighted by Crippen LogP contribution is -2.45. The first-order chi connectivity index (χ1) is 15.9. The number of aliphatic hydroxyl groups excluding tert-OH is 1. The van der Waals surface area contributed by atoms with Gasteiger partial charge >= 0.3 is 5.97 Å². The molecule has 1 atom stereocenters. The largest absolute Gasteiger partial charge is 0.493 e. The molecule has 2 N–H and O–H groups in total. The number of nitrogens with one attached hydrogen (secondary N) is 1. The molecule has 8 heteroatoms. The van der Waals surface area contributed by atoms with Crippen molar-refractivity contribution in [1.82, 2.24) is 15.2 Å². The van der Waals surface area contributed by atoms with Crippen molar-refractivity contribution in [2.24, 2.45) is 0 Å². The summed E-state index contributed by atoms with van der Waals surface area (Å²) in [6.45, 7) is 8.61. The minimum Gasteiger partial charge on any atom is -0.493 e. The molecule has 1 amide bonds. The van der Waals surface area contributed by atoms with E-state index in [1.54, 1.807) is 18.3 Å². The number of aryl methyl sites for hydroxylation is 1. The van der Waals surface area contributed by atoms with Crippen molar-refractivity contribution in [3.8, 4) is 5.75 Å². The molecule has 0 radical (unpaired) electrons. The number of β-amino-alcohol motifs (C(OH)–C–C–N with tert-alkyl or cyclic N) is 1. The van der Waals surface area contributed by atoms with Crippen LogP contribution in [0.1, 0.15) is 69.0 Å². The molecule has 0 spiro atoms. The quantitative estimate of drug-likeness (QED) is 0.622. The van der Waals surface area contributed by atoms with E-state index < -0.39 is 6.10 Å². The summed E-state index contributed by atoms with van der Waals surface area (Å²) in [6, 6.07) is 5.32. The zero-order chi connectivity index (χ0) is 23.5. The fourth-order valence-corrected chi connectivity index (χ4v) is 4.53. The number of esters is 1. The topological polar surface area (TPSA) is 101 Å². The molecule has 0 saturated carbocycles. The molecular formula is C25H31N3O5. The molecule has 1 aromatic heterocycles. The Hall–Kier alpha value is -2.97. The van der Waals surface area contributed by atoms with E-state index in [9.17, 15) is 14.7 Å². The molecule has 0 unspecified atom stereocenters. The molecule has 3 heterocycles. The summed E-state index contributed by atoms with van der Waals surface area (Å²) in [4.78, 5) is 30.9. The number of aromatic nitrogens is 1. The fraction of sp³-hybridized carbons (Fsp3) is 0.480. The lowest BCUT2D eigenvalue weighted by molar-refractivity contribution is 0.0534. The van der Waals surface area contributed by atoms with Crippen molar-refractivity contribution < 1.29 is 24.2 Å². The van der Waals surface area contributed by atoms with Crippen LogP contribution in [0.5, 0.6) is 5.75 Å². The van der Waals surface area contributed by atoms with Gasteiger partial charge in [-0.25, -0.2) is 4.79 Å². The van der Waals surface area contributed by atoms with E-state index in [-0.39, 0.29) is 24.5 Å². The van der Waals surface area contributed by atoms with E-state index in [1.165, 1.54) is 0 Å². The average Bonchev–Trinajstić information content (AvgIpc) is 3.18. The number of cyclic esters (lactones) is 1. The molecule has 1 saturated heterocycles. The van der Waals surface area contributed by atoms with Gasteiger partial charge in [0, 0.05) is 49.1 Å². The molecule has 4 rings (SSSR count). The summed E-state index contributed by atoms with van der Waals surface area (Å²) in [6.07, 6.45) is 2.61. The SMILES string of the molecule is CCOc1cc(C(=O)NC2CCN(C[C@H](O)c3ccc4c(c3C)COC4=O)CC2)ncc1C. The van der Waals surface area contributed by atoms with Crippen LogP contribution in [0.15, 0.2) is 24.4 Å². The summed E-state index contributed by atoms with van der Waals surface area (Å²) >= 11 is 0. The minimum absolute atomic E-state index is 0.0643. The molecule has 2 aromatic rings. The van der Waals surface area contributed by atoms with Gasteiger partial charge in [-0.05, 0) is 50.8 Å². The van der Waals surface area contributed by atoms with E-state index in [1.807, 2.05) is 26.8 Å². The highest BCUT2D eigenvalue weighted by Crippen LogP contribution is 2.30. The van der Waals surface area contributed by atoms with Gasteiger partial charge in [-0.3, -0.25) is 9.78 Å². The lowest BCUT2D eigenvalue weighted by atomic mass is 9.94. The van der Waals surface area contributed by atoms with Crippen LogP contribution in [0.25, 0.3) is 0 Å². The first kappa shape index (κ1) is 23.2. The Morgan fingerprint density at radius 3 is 2.82 bits per heavy atom. The summed E-state index contributed by atoms with van der Waals surface area (Å²) in [7, 11) is 0. The van der Waals surface area contributed by atoms with Crippen molar-refractivity contribution in [2.45, 2.75) is 52.4 Å². The number of likely N-dealkylation sites (tertiary alicyclic amines) is 1. The highest BCUT2D eigenvalue weighted by molar-refractivity contribution is 5.94. The van der Waals surface area contributed by atoms with Crippen molar-refractivity contribution in [1.29, 1.82) is 0 Å². The highest BCUT2D eigenvalue weighted by atomic mass is 16.5. The number of ether oxygens (including phenoxy) is 2. The normalized spacial score (nSPS) is 17.4. The Morgan fingerprint density at radius 1 is 1.33 bits per heavy atom. The summed E-state index contributed by atoms with van der Waals surface area (Å²) in [5.74, 6) is 0.187. The summed E-state index contributed by atoms with van der Waals surface area (Å²) < 4.78 is 10.7. The number of carbonyl (C=O) groups is 2. The Kier molecular flexibility index (Phi) is 6.95. The van der Waals surface area contributed by atoms with Crippen LogP contribution in [-0.2, 0) is 11.3 Å². The van der Waals surface area contributed by atoms with Gasteiger partial charge < -0.3 is 24.8 Å². The number of carbonyl (C=O) groups excluding carboxylic acids is 2. The van der Waals surface area contributed by atoms with Crippen LogP contribution in [0.2, 0.25) is 0 Å². The molecule has 176 valence electrons. The number of rotatable bonds is 7. The zero-order valence-electron chi connectivity index (χ0n) is 19.4. The number of piperidine rings is 1. The van der Waals surface area contributed by atoms with Gasteiger partial charge in [-0.15, -0.1) is 0 Å². The van der Waals surface area contributed by atoms with E-state index in [0.29, 0.717) is 30.2 Å². The number of nitrogens with zero attached hydrogens (tertiary/aromatic N) is 2. The number of aliphatic hydroxyl groups is 1. The number of benzene rings is 1. The van der Waals surface area contributed by atoms with Crippen LogP contribution in [0.3, 0.4) is 0 Å². The smallest absolute Gasteiger partial charge is 0.338 e. The molecule has 1 aromatic carbocycles.